The molecule has 0 unspecified atom stereocenters. The molecule has 0 radical (unpaired) electrons. The Bertz CT molecular complexity index is 541. The molecule has 0 bridgehead atoms. The fourth-order valence-corrected chi connectivity index (χ4v) is 1.81. The summed E-state index contributed by atoms with van der Waals surface area (Å²) in [6, 6.07) is 12.8. The van der Waals surface area contributed by atoms with E-state index in [0.29, 0.717) is 0 Å². The van der Waals surface area contributed by atoms with Crippen LogP contribution in [0.25, 0.3) is 22.9 Å². The van der Waals surface area contributed by atoms with Crippen molar-refractivity contribution in [3.8, 4) is 0 Å². The van der Waals surface area contributed by atoms with Gasteiger partial charge in [-0.2, -0.15) is 0 Å². The van der Waals surface area contributed by atoms with Gasteiger partial charge in [-0.3, -0.25) is 0 Å². The predicted octanol–water partition coefficient (Wildman–Crippen LogP) is 3.48. The Morgan fingerprint density at radius 2 is 1.77 bits per heavy atom. The van der Waals surface area contributed by atoms with Gasteiger partial charge in [0.15, 0.2) is 0 Å². The molecule has 0 heteroatoms. The number of rotatable bonds is 0. The summed E-state index contributed by atoms with van der Waals surface area (Å²) < 4.78 is 0. The second-order valence-corrected chi connectivity index (χ2v) is 3.24. The number of hydrogen-bond donors (Lipinski definition) is 0. The first-order valence-electron chi connectivity index (χ1n) is 4.39. The van der Waals surface area contributed by atoms with Crippen LogP contribution in [0.2, 0.25) is 0 Å². The van der Waals surface area contributed by atoms with Crippen LogP contribution in [0.4, 0.5) is 0 Å². The third-order valence-corrected chi connectivity index (χ3v) is 2.47. The Hall–Kier alpha value is -1.78. The van der Waals surface area contributed by atoms with Gasteiger partial charge in [-0.25, -0.2) is 0 Å². The largest absolute Gasteiger partial charge is 0.120 e. The Morgan fingerprint density at radius 3 is 2.77 bits per heavy atom. The molecule has 2 aromatic carbocycles. The first kappa shape index (κ1) is 6.71. The van der Waals surface area contributed by atoms with E-state index in [4.69, 9.17) is 0 Å². The van der Waals surface area contributed by atoms with Crippen molar-refractivity contribution in [1.29, 1.82) is 0 Å². The Kier molecular flexibility index (Phi) is 1.21. The number of fused-ring (bicyclic) bond motifs is 3. The smallest absolute Gasteiger partial charge is 0.00220 e. The maximum absolute atomic E-state index is 3.13. The van der Waals surface area contributed by atoms with E-state index in [1.165, 1.54) is 21.9 Å². The molecule has 1 aliphatic rings. The second-order valence-electron chi connectivity index (χ2n) is 3.24. The minimum absolute atomic E-state index is 1.28. The van der Waals surface area contributed by atoms with E-state index in [1.54, 1.807) is 0 Å². The first-order chi connectivity index (χ1) is 6.45. The Labute approximate surface area is 76.8 Å². The van der Waals surface area contributed by atoms with Crippen molar-refractivity contribution in [1.82, 2.24) is 0 Å². The summed E-state index contributed by atoms with van der Waals surface area (Å²) in [5, 5.41) is 2.62. The normalized spacial score (nSPS) is 12.3. The van der Waals surface area contributed by atoms with Gasteiger partial charge < -0.3 is 0 Å². The molecule has 3 rings (SSSR count). The zero-order chi connectivity index (χ0) is 8.67. The van der Waals surface area contributed by atoms with Crippen LogP contribution in [-0.4, -0.2) is 0 Å². The molecule has 0 N–H and O–H groups in total. The van der Waals surface area contributed by atoms with Crippen molar-refractivity contribution in [2.24, 2.45) is 0 Å². The lowest BCUT2D eigenvalue weighted by molar-refractivity contribution is 1.69. The van der Waals surface area contributed by atoms with Crippen molar-refractivity contribution in [2.45, 2.75) is 0 Å². The topological polar surface area (TPSA) is 0 Å². The highest BCUT2D eigenvalue weighted by atomic mass is 14.1. The molecule has 0 atom stereocenters. The van der Waals surface area contributed by atoms with Crippen molar-refractivity contribution < 1.29 is 0 Å². The molecule has 0 nitrogen and oxygen atoms in total. The molecule has 1 aliphatic carbocycles. The quantitative estimate of drug-likeness (QED) is 0.446. The third kappa shape index (κ3) is 0.867. The van der Waals surface area contributed by atoms with Gasteiger partial charge in [0, 0.05) is 0 Å². The molecule has 0 amide bonds. The van der Waals surface area contributed by atoms with E-state index < -0.39 is 0 Å². The number of hydrogen-bond acceptors (Lipinski definition) is 0. The molecule has 0 saturated carbocycles. The highest BCUT2D eigenvalue weighted by Gasteiger charge is 2.04. The lowest BCUT2D eigenvalue weighted by atomic mass is 10.0. The molecule has 2 aromatic rings. The molecule has 0 aliphatic heterocycles. The van der Waals surface area contributed by atoms with Crippen LogP contribution in [0.15, 0.2) is 42.1 Å². The van der Waals surface area contributed by atoms with Crippen LogP contribution in [0, 0.1) is 0 Å². The van der Waals surface area contributed by atoms with Gasteiger partial charge in [-0.05, 0) is 34.1 Å². The van der Waals surface area contributed by atoms with E-state index in [0.717, 1.165) is 0 Å². The molecule has 0 spiro atoms. The zero-order valence-corrected chi connectivity index (χ0v) is 7.12. The monoisotopic (exact) mass is 164 g/mol. The Morgan fingerprint density at radius 1 is 0.846 bits per heavy atom. The summed E-state index contributed by atoms with van der Waals surface area (Å²) in [7, 11) is 0. The second kappa shape index (κ2) is 2.35. The van der Waals surface area contributed by atoms with Crippen molar-refractivity contribution in [3.63, 3.8) is 0 Å². The van der Waals surface area contributed by atoms with E-state index in [2.05, 4.69) is 48.2 Å². The van der Waals surface area contributed by atoms with Gasteiger partial charge in [0.05, 0.1) is 0 Å². The van der Waals surface area contributed by atoms with E-state index in [1.807, 2.05) is 6.08 Å². The van der Waals surface area contributed by atoms with E-state index in [9.17, 15) is 0 Å². The maximum atomic E-state index is 3.13. The molecule has 0 aromatic heterocycles. The zero-order valence-electron chi connectivity index (χ0n) is 7.12. The molecule has 0 saturated heterocycles. The van der Waals surface area contributed by atoms with Crippen molar-refractivity contribution >= 4 is 22.9 Å². The molecule has 13 heavy (non-hydrogen) atoms. The van der Waals surface area contributed by atoms with Gasteiger partial charge >= 0.3 is 0 Å². The summed E-state index contributed by atoms with van der Waals surface area (Å²) in [6.45, 7) is 0. The van der Waals surface area contributed by atoms with Gasteiger partial charge in [0.25, 0.3) is 0 Å². The van der Waals surface area contributed by atoms with Crippen molar-refractivity contribution in [3.05, 3.63) is 53.3 Å². The highest BCUT2D eigenvalue weighted by molar-refractivity contribution is 5.96. The van der Waals surface area contributed by atoms with E-state index >= 15 is 0 Å². The molecule has 60 valence electrons. The average Bonchev–Trinajstić information content (AvgIpc) is 2.65. The molecular formula is C13H8. The SMILES string of the molecule is C1=Cc2ccc3ccccc3c2C=1. The molecule has 0 fully saturated rings. The first-order valence-corrected chi connectivity index (χ1v) is 4.39. The van der Waals surface area contributed by atoms with Crippen LogP contribution in [0.5, 0.6) is 0 Å². The summed E-state index contributed by atoms with van der Waals surface area (Å²) in [6.07, 6.45) is 4.08. The van der Waals surface area contributed by atoms with Gasteiger partial charge in [0.2, 0.25) is 0 Å². The van der Waals surface area contributed by atoms with Crippen molar-refractivity contribution in [2.75, 3.05) is 0 Å². The van der Waals surface area contributed by atoms with Crippen LogP contribution >= 0.6 is 0 Å². The van der Waals surface area contributed by atoms with Gasteiger partial charge in [-0.1, -0.05) is 36.4 Å². The standard InChI is InChI=1S/C13H8/c1-2-6-12-10(4-1)8-9-11-5-3-7-13(11)12/h1-2,4-9H. The Balaban J connectivity index is 2.52. The maximum Gasteiger partial charge on any atom is -0.00220 e. The minimum atomic E-state index is 1.28. The lowest BCUT2D eigenvalue weighted by Gasteiger charge is -2.02. The van der Waals surface area contributed by atoms with Crippen LogP contribution < -0.4 is 0 Å². The molecular weight excluding hydrogens is 156 g/mol. The van der Waals surface area contributed by atoms with Gasteiger partial charge in [-0.15, -0.1) is 5.73 Å². The minimum Gasteiger partial charge on any atom is -0.120 e. The average molecular weight is 164 g/mol. The predicted molar refractivity (Wildman–Crippen MR) is 56.4 cm³/mol. The summed E-state index contributed by atoms with van der Waals surface area (Å²) in [5.41, 5.74) is 5.71. The summed E-state index contributed by atoms with van der Waals surface area (Å²) in [5.74, 6) is 0. The number of benzene rings is 2. The highest BCUT2D eigenvalue weighted by Crippen LogP contribution is 2.26. The fourth-order valence-electron chi connectivity index (χ4n) is 1.81. The van der Waals surface area contributed by atoms with Gasteiger partial charge in [0.1, 0.15) is 0 Å². The summed E-state index contributed by atoms with van der Waals surface area (Å²) in [4.78, 5) is 0. The van der Waals surface area contributed by atoms with E-state index in [-0.39, 0.29) is 0 Å². The fraction of sp³-hybridized carbons (Fsp3) is 0. The van der Waals surface area contributed by atoms with Crippen LogP contribution in [-0.2, 0) is 0 Å². The summed E-state index contributed by atoms with van der Waals surface area (Å²) >= 11 is 0. The third-order valence-electron chi connectivity index (χ3n) is 2.47. The lowest BCUT2D eigenvalue weighted by Crippen LogP contribution is -1.80. The molecule has 0 heterocycles. The van der Waals surface area contributed by atoms with Crippen LogP contribution in [0.1, 0.15) is 11.1 Å². The van der Waals surface area contributed by atoms with Crippen LogP contribution in [0.3, 0.4) is 0 Å².